The monoisotopic (exact) mass is 337 g/mol. The molecular formula is C17H18F3N3O. The number of nitrogens with two attached hydrogens (primary N) is 1. The summed E-state index contributed by atoms with van der Waals surface area (Å²) in [5, 5.41) is 0. The molecular weight excluding hydrogens is 319 g/mol. The van der Waals surface area contributed by atoms with Crippen LogP contribution in [0, 0.1) is 0 Å². The van der Waals surface area contributed by atoms with Gasteiger partial charge in [0.2, 0.25) is 5.96 Å². The molecule has 2 N–H and O–H groups in total. The van der Waals surface area contributed by atoms with Crippen molar-refractivity contribution in [3.8, 4) is 5.75 Å². The Labute approximate surface area is 138 Å². The molecule has 2 aromatic carbocycles. The van der Waals surface area contributed by atoms with Crippen LogP contribution < -0.4 is 15.4 Å². The quantitative estimate of drug-likeness (QED) is 0.671. The second-order valence-corrected chi connectivity index (χ2v) is 5.10. The van der Waals surface area contributed by atoms with E-state index in [4.69, 9.17) is 5.73 Å². The van der Waals surface area contributed by atoms with E-state index >= 15 is 0 Å². The summed E-state index contributed by atoms with van der Waals surface area (Å²) in [6.45, 7) is 2.04. The minimum absolute atomic E-state index is 0.160. The molecule has 0 aromatic heterocycles. The molecule has 0 aliphatic carbocycles. The van der Waals surface area contributed by atoms with Gasteiger partial charge >= 0.3 is 6.36 Å². The maximum Gasteiger partial charge on any atom is 0.573 e. The number of nitrogens with zero attached hydrogens (tertiary/aromatic N) is 2. The average molecular weight is 337 g/mol. The lowest BCUT2D eigenvalue weighted by molar-refractivity contribution is -0.274. The first-order valence-corrected chi connectivity index (χ1v) is 7.31. The van der Waals surface area contributed by atoms with E-state index in [-0.39, 0.29) is 17.4 Å². The van der Waals surface area contributed by atoms with Gasteiger partial charge in [0.05, 0.1) is 5.69 Å². The maximum absolute atomic E-state index is 12.3. The molecule has 0 aliphatic heterocycles. The van der Waals surface area contributed by atoms with Gasteiger partial charge in [-0.1, -0.05) is 25.1 Å². The third-order valence-electron chi connectivity index (χ3n) is 3.34. The molecule has 0 saturated heterocycles. The van der Waals surface area contributed by atoms with E-state index in [1.165, 1.54) is 18.2 Å². The molecule has 24 heavy (non-hydrogen) atoms. The first-order valence-electron chi connectivity index (χ1n) is 7.31. The zero-order valence-corrected chi connectivity index (χ0v) is 13.3. The number of halogens is 3. The Morgan fingerprint density at radius 1 is 1.17 bits per heavy atom. The van der Waals surface area contributed by atoms with E-state index < -0.39 is 6.36 Å². The summed E-state index contributed by atoms with van der Waals surface area (Å²) in [6.07, 6.45) is -3.86. The molecule has 0 bridgehead atoms. The van der Waals surface area contributed by atoms with Crippen LogP contribution in [-0.4, -0.2) is 19.4 Å². The number of ether oxygens (including phenoxy) is 1. The summed E-state index contributed by atoms with van der Waals surface area (Å²) in [6, 6.07) is 13.1. The molecule has 0 spiro atoms. The Morgan fingerprint density at radius 2 is 1.88 bits per heavy atom. The normalized spacial score (nSPS) is 12.1. The van der Waals surface area contributed by atoms with Crippen molar-refractivity contribution >= 4 is 17.3 Å². The number of rotatable bonds is 4. The van der Waals surface area contributed by atoms with Crippen LogP contribution in [0.5, 0.6) is 5.75 Å². The molecule has 128 valence electrons. The predicted octanol–water partition coefficient (Wildman–Crippen LogP) is 4.23. The average Bonchev–Trinajstić information content (AvgIpc) is 2.53. The summed E-state index contributed by atoms with van der Waals surface area (Å²) in [5.41, 5.74) is 8.23. The zero-order valence-electron chi connectivity index (χ0n) is 13.3. The molecule has 0 unspecified atom stereocenters. The third-order valence-corrected chi connectivity index (χ3v) is 3.34. The molecule has 0 heterocycles. The lowest BCUT2D eigenvalue weighted by Crippen LogP contribution is -2.33. The standard InChI is InChI=1S/C17H18F3N3O/c1-3-12-6-4-8-14(10-12)23(2)16(21)22-13-7-5-9-15(11-13)24-17(18,19)20/h4-11H,3H2,1-2H3,(H2,21,22). The minimum atomic E-state index is -4.74. The van der Waals surface area contributed by atoms with Gasteiger partial charge in [0.1, 0.15) is 5.75 Å². The fourth-order valence-electron chi connectivity index (χ4n) is 2.07. The van der Waals surface area contributed by atoms with Crippen LogP contribution in [0.4, 0.5) is 24.5 Å². The van der Waals surface area contributed by atoms with Gasteiger partial charge in [-0.3, -0.25) is 0 Å². The summed E-state index contributed by atoms with van der Waals surface area (Å²) < 4.78 is 40.7. The van der Waals surface area contributed by atoms with Crippen LogP contribution in [0.2, 0.25) is 0 Å². The van der Waals surface area contributed by atoms with E-state index in [1.807, 2.05) is 31.2 Å². The van der Waals surface area contributed by atoms with Crippen LogP contribution in [0.15, 0.2) is 53.5 Å². The number of hydrogen-bond donors (Lipinski definition) is 1. The van der Waals surface area contributed by atoms with Crippen LogP contribution in [0.25, 0.3) is 0 Å². The Kier molecular flexibility index (Phi) is 5.33. The van der Waals surface area contributed by atoms with E-state index in [9.17, 15) is 13.2 Å². The number of anilines is 1. The largest absolute Gasteiger partial charge is 0.573 e. The fourth-order valence-corrected chi connectivity index (χ4v) is 2.07. The Bertz CT molecular complexity index is 729. The lowest BCUT2D eigenvalue weighted by atomic mass is 10.1. The number of aliphatic imine (C=N–C) groups is 1. The van der Waals surface area contributed by atoms with Crippen molar-refractivity contribution in [1.82, 2.24) is 0 Å². The molecule has 0 amide bonds. The Hall–Kier alpha value is -2.70. The predicted molar refractivity (Wildman–Crippen MR) is 88.6 cm³/mol. The molecule has 2 aromatic rings. The minimum Gasteiger partial charge on any atom is -0.406 e. The molecule has 4 nitrogen and oxygen atoms in total. The number of guanidine groups is 1. The topological polar surface area (TPSA) is 50.8 Å². The number of hydrogen-bond acceptors (Lipinski definition) is 2. The van der Waals surface area contributed by atoms with Crippen molar-refractivity contribution in [3.05, 3.63) is 54.1 Å². The van der Waals surface area contributed by atoms with E-state index in [0.29, 0.717) is 0 Å². The Balaban J connectivity index is 2.22. The smallest absolute Gasteiger partial charge is 0.406 e. The highest BCUT2D eigenvalue weighted by atomic mass is 19.4. The molecule has 7 heteroatoms. The van der Waals surface area contributed by atoms with Gasteiger partial charge < -0.3 is 15.4 Å². The van der Waals surface area contributed by atoms with E-state index in [0.717, 1.165) is 17.7 Å². The van der Waals surface area contributed by atoms with Crippen LogP contribution in [0.3, 0.4) is 0 Å². The third kappa shape index (κ3) is 4.91. The highest BCUT2D eigenvalue weighted by Crippen LogP contribution is 2.26. The zero-order chi connectivity index (χ0) is 17.7. The summed E-state index contributed by atoms with van der Waals surface area (Å²) >= 11 is 0. The van der Waals surface area contributed by atoms with Gasteiger partial charge in [-0.15, -0.1) is 13.2 Å². The Morgan fingerprint density at radius 3 is 2.54 bits per heavy atom. The van der Waals surface area contributed by atoms with Crippen molar-refractivity contribution in [1.29, 1.82) is 0 Å². The molecule has 0 radical (unpaired) electrons. The SMILES string of the molecule is CCc1cccc(N(C)C(N)=Nc2cccc(OC(F)(F)F)c2)c1. The van der Waals surface area contributed by atoms with Crippen molar-refractivity contribution in [2.75, 3.05) is 11.9 Å². The second kappa shape index (κ2) is 7.25. The van der Waals surface area contributed by atoms with Gasteiger partial charge in [0.25, 0.3) is 0 Å². The van der Waals surface area contributed by atoms with Gasteiger partial charge in [0, 0.05) is 18.8 Å². The van der Waals surface area contributed by atoms with E-state index in [1.54, 1.807) is 18.0 Å². The number of aryl methyl sites for hydroxylation is 1. The van der Waals surface area contributed by atoms with Crippen molar-refractivity contribution in [2.24, 2.45) is 10.7 Å². The van der Waals surface area contributed by atoms with Gasteiger partial charge in [-0.2, -0.15) is 0 Å². The van der Waals surface area contributed by atoms with Crippen molar-refractivity contribution < 1.29 is 17.9 Å². The van der Waals surface area contributed by atoms with Gasteiger partial charge in [-0.05, 0) is 36.2 Å². The van der Waals surface area contributed by atoms with Crippen LogP contribution in [-0.2, 0) is 6.42 Å². The molecule has 2 rings (SSSR count). The van der Waals surface area contributed by atoms with Crippen molar-refractivity contribution in [3.63, 3.8) is 0 Å². The van der Waals surface area contributed by atoms with Gasteiger partial charge in [-0.25, -0.2) is 4.99 Å². The molecule has 0 fully saturated rings. The maximum atomic E-state index is 12.3. The highest BCUT2D eigenvalue weighted by molar-refractivity contribution is 5.96. The molecule has 0 aliphatic rings. The highest BCUT2D eigenvalue weighted by Gasteiger charge is 2.31. The van der Waals surface area contributed by atoms with Crippen LogP contribution >= 0.6 is 0 Å². The molecule has 0 saturated carbocycles. The summed E-state index contributed by atoms with van der Waals surface area (Å²) in [4.78, 5) is 5.82. The second-order valence-electron chi connectivity index (χ2n) is 5.10. The van der Waals surface area contributed by atoms with Crippen LogP contribution in [0.1, 0.15) is 12.5 Å². The fraction of sp³-hybridized carbons (Fsp3) is 0.235. The lowest BCUT2D eigenvalue weighted by Gasteiger charge is -2.19. The molecule has 0 atom stereocenters. The first kappa shape index (κ1) is 17.7. The number of benzene rings is 2. The van der Waals surface area contributed by atoms with Gasteiger partial charge in [0.15, 0.2) is 0 Å². The van der Waals surface area contributed by atoms with Crippen molar-refractivity contribution in [2.45, 2.75) is 19.7 Å². The van der Waals surface area contributed by atoms with E-state index in [2.05, 4.69) is 9.73 Å². The summed E-state index contributed by atoms with van der Waals surface area (Å²) in [5.74, 6) is -0.181. The summed E-state index contributed by atoms with van der Waals surface area (Å²) in [7, 11) is 1.74. The number of alkyl halides is 3. The first-order chi connectivity index (χ1) is 11.3.